The molecule has 3 heterocycles. The molecule has 34 heavy (non-hydrogen) atoms. The largest absolute Gasteiger partial charge is 0.491 e. The number of anilines is 1. The Morgan fingerprint density at radius 1 is 1.21 bits per heavy atom. The van der Waals surface area contributed by atoms with Crippen molar-refractivity contribution in [1.82, 2.24) is 24.0 Å². The van der Waals surface area contributed by atoms with Crippen molar-refractivity contribution >= 4 is 29.4 Å². The molecular weight excluding hydrogens is 461 g/mol. The van der Waals surface area contributed by atoms with Gasteiger partial charge in [0.15, 0.2) is 23.7 Å². The third kappa shape index (κ3) is 3.75. The molecule has 14 heteroatoms. The predicted octanol–water partition coefficient (Wildman–Crippen LogP) is 0.0766. The van der Waals surface area contributed by atoms with E-state index in [0.29, 0.717) is 12.8 Å². The number of alkyl halides is 3. The molecule has 1 unspecified atom stereocenters. The molecule has 180 valence electrons. The first kappa shape index (κ1) is 23.2. The van der Waals surface area contributed by atoms with Crippen molar-refractivity contribution < 1.29 is 27.5 Å². The summed E-state index contributed by atoms with van der Waals surface area (Å²) >= 11 is 0. The predicted molar refractivity (Wildman–Crippen MR) is 113 cm³/mol. The standard InChI is InChI=1S/C20H19F3N6O5/c1-26-15-14(16(31)27(2)19(26)33)29(12-6-4-3-5-11(12)10-30)18(25-15)28-8-7-24-9-13(28)34-17(32)20(21,22)23/h3-6,10,13,24H,7-9H2,1-2H3. The molecule has 0 aliphatic carbocycles. The van der Waals surface area contributed by atoms with Crippen LogP contribution in [0.25, 0.3) is 16.9 Å². The Hall–Kier alpha value is -3.94. The molecule has 2 aromatic heterocycles. The zero-order chi connectivity index (χ0) is 24.8. The molecule has 1 fully saturated rings. The molecule has 0 saturated carbocycles. The minimum absolute atomic E-state index is 0.0522. The van der Waals surface area contributed by atoms with Crippen LogP contribution in [0.1, 0.15) is 10.4 Å². The number of carbonyl (C=O) groups excluding carboxylic acids is 2. The topological polar surface area (TPSA) is 120 Å². The summed E-state index contributed by atoms with van der Waals surface area (Å²) in [6.45, 7) is 0.198. The number of halogens is 3. The molecule has 3 aromatic rings. The van der Waals surface area contributed by atoms with Crippen molar-refractivity contribution in [2.45, 2.75) is 12.4 Å². The van der Waals surface area contributed by atoms with Gasteiger partial charge < -0.3 is 15.0 Å². The van der Waals surface area contributed by atoms with Crippen LogP contribution in [0, 0.1) is 0 Å². The van der Waals surface area contributed by atoms with Gasteiger partial charge in [-0.2, -0.15) is 18.2 Å². The van der Waals surface area contributed by atoms with Crippen LogP contribution >= 0.6 is 0 Å². The van der Waals surface area contributed by atoms with E-state index in [4.69, 9.17) is 4.74 Å². The van der Waals surface area contributed by atoms with Crippen molar-refractivity contribution in [3.05, 3.63) is 50.7 Å². The lowest BCUT2D eigenvalue weighted by Gasteiger charge is -2.36. The SMILES string of the molecule is Cn1c(=O)c2c(nc(N3CCNCC3OC(=O)C(F)(F)F)n2-c2ccccc2C=O)n(C)c1=O. The van der Waals surface area contributed by atoms with Crippen LogP contribution in [-0.2, 0) is 23.6 Å². The summed E-state index contributed by atoms with van der Waals surface area (Å²) < 4.78 is 46.6. The van der Waals surface area contributed by atoms with Gasteiger partial charge >= 0.3 is 17.8 Å². The van der Waals surface area contributed by atoms with Gasteiger partial charge in [0.05, 0.1) is 12.2 Å². The van der Waals surface area contributed by atoms with Crippen molar-refractivity contribution in [3.8, 4) is 5.69 Å². The number of carbonyl (C=O) groups is 2. The third-order valence-corrected chi connectivity index (χ3v) is 5.47. The van der Waals surface area contributed by atoms with Gasteiger partial charge in [0.25, 0.3) is 5.56 Å². The van der Waals surface area contributed by atoms with Gasteiger partial charge in [-0.3, -0.25) is 23.3 Å². The molecule has 1 aliphatic heterocycles. The smallest absolute Gasteiger partial charge is 0.433 e. The number of aryl methyl sites for hydroxylation is 1. The first-order chi connectivity index (χ1) is 16.1. The maximum Gasteiger partial charge on any atom is 0.491 e. The van der Waals surface area contributed by atoms with Gasteiger partial charge in [-0.1, -0.05) is 12.1 Å². The Labute approximate surface area is 189 Å². The molecule has 1 atom stereocenters. The Kier molecular flexibility index (Phi) is 5.77. The number of piperazine rings is 1. The lowest BCUT2D eigenvalue weighted by molar-refractivity contribution is -0.205. The molecule has 1 aliphatic rings. The maximum absolute atomic E-state index is 13.1. The van der Waals surface area contributed by atoms with E-state index < -0.39 is 29.6 Å². The monoisotopic (exact) mass is 480 g/mol. The maximum atomic E-state index is 13.1. The first-order valence-corrected chi connectivity index (χ1v) is 10.0. The average Bonchev–Trinajstić information content (AvgIpc) is 3.21. The number of imidazole rings is 1. The average molecular weight is 480 g/mol. The highest BCUT2D eigenvalue weighted by Crippen LogP contribution is 2.29. The zero-order valence-corrected chi connectivity index (χ0v) is 18.0. The number of ether oxygens (including phenoxy) is 1. The lowest BCUT2D eigenvalue weighted by atomic mass is 10.2. The van der Waals surface area contributed by atoms with E-state index >= 15 is 0 Å². The van der Waals surface area contributed by atoms with Gasteiger partial charge in [0, 0.05) is 32.7 Å². The number of nitrogens with zero attached hydrogens (tertiary/aromatic N) is 5. The molecule has 4 rings (SSSR count). The second-order valence-electron chi connectivity index (χ2n) is 7.56. The Morgan fingerprint density at radius 3 is 2.59 bits per heavy atom. The van der Waals surface area contributed by atoms with Crippen molar-refractivity contribution in [2.75, 3.05) is 24.5 Å². The molecule has 1 aromatic carbocycles. The number of hydrogen-bond donors (Lipinski definition) is 1. The van der Waals surface area contributed by atoms with E-state index in [2.05, 4.69) is 10.3 Å². The van der Waals surface area contributed by atoms with E-state index in [1.54, 1.807) is 12.1 Å². The third-order valence-electron chi connectivity index (χ3n) is 5.47. The molecular formula is C20H19F3N6O5. The summed E-state index contributed by atoms with van der Waals surface area (Å²) in [5.41, 5.74) is -1.14. The van der Waals surface area contributed by atoms with Crippen LogP contribution in [0.2, 0.25) is 0 Å². The normalized spacial score (nSPS) is 16.6. The van der Waals surface area contributed by atoms with Crippen molar-refractivity contribution in [2.24, 2.45) is 14.1 Å². The number of fused-ring (bicyclic) bond motifs is 1. The van der Waals surface area contributed by atoms with Gasteiger partial charge in [0.2, 0.25) is 5.95 Å². The molecule has 0 spiro atoms. The number of esters is 1. The summed E-state index contributed by atoms with van der Waals surface area (Å²) in [5.74, 6) is -2.45. The number of rotatable bonds is 4. The van der Waals surface area contributed by atoms with Crippen molar-refractivity contribution in [1.29, 1.82) is 0 Å². The molecule has 0 radical (unpaired) electrons. The quantitative estimate of drug-likeness (QED) is 0.412. The van der Waals surface area contributed by atoms with E-state index in [0.717, 1.165) is 9.13 Å². The summed E-state index contributed by atoms with van der Waals surface area (Å²) in [6.07, 6.45) is -6.09. The van der Waals surface area contributed by atoms with Crippen LogP contribution in [0.4, 0.5) is 19.1 Å². The molecule has 11 nitrogen and oxygen atoms in total. The van der Waals surface area contributed by atoms with Crippen LogP contribution in [0.15, 0.2) is 33.9 Å². The fraction of sp³-hybridized carbons (Fsp3) is 0.350. The molecule has 1 saturated heterocycles. The highest BCUT2D eigenvalue weighted by Gasteiger charge is 2.44. The number of hydrogen-bond acceptors (Lipinski definition) is 8. The van der Waals surface area contributed by atoms with Gasteiger partial charge in [-0.25, -0.2) is 9.59 Å². The van der Waals surface area contributed by atoms with Gasteiger partial charge in [-0.05, 0) is 12.1 Å². The number of para-hydroxylation sites is 1. The fourth-order valence-electron chi connectivity index (χ4n) is 3.80. The molecule has 0 amide bonds. The minimum atomic E-state index is -5.22. The highest BCUT2D eigenvalue weighted by molar-refractivity contribution is 5.85. The number of aldehydes is 1. The number of nitrogens with one attached hydrogen (secondary N) is 1. The Morgan fingerprint density at radius 2 is 1.91 bits per heavy atom. The van der Waals surface area contributed by atoms with Crippen LogP contribution in [-0.4, -0.2) is 63.0 Å². The van der Waals surface area contributed by atoms with Crippen LogP contribution in [0.3, 0.4) is 0 Å². The fourth-order valence-corrected chi connectivity index (χ4v) is 3.80. The lowest BCUT2D eigenvalue weighted by Crippen LogP contribution is -2.55. The zero-order valence-electron chi connectivity index (χ0n) is 18.0. The summed E-state index contributed by atoms with van der Waals surface area (Å²) in [6, 6.07) is 6.21. The van der Waals surface area contributed by atoms with Gasteiger partial charge in [0.1, 0.15) is 0 Å². The van der Waals surface area contributed by atoms with Crippen LogP contribution < -0.4 is 21.5 Å². The van der Waals surface area contributed by atoms with Gasteiger partial charge in [-0.15, -0.1) is 0 Å². The first-order valence-electron chi connectivity index (χ1n) is 10.0. The van der Waals surface area contributed by atoms with Crippen molar-refractivity contribution in [3.63, 3.8) is 0 Å². The second kappa shape index (κ2) is 8.44. The Balaban J connectivity index is 2.02. The van der Waals surface area contributed by atoms with E-state index in [9.17, 15) is 32.3 Å². The molecule has 0 bridgehead atoms. The summed E-state index contributed by atoms with van der Waals surface area (Å²) in [5, 5.41) is 2.85. The van der Waals surface area contributed by atoms with E-state index in [1.807, 2.05) is 0 Å². The minimum Gasteiger partial charge on any atom is -0.433 e. The summed E-state index contributed by atoms with van der Waals surface area (Å²) in [7, 11) is 2.65. The summed E-state index contributed by atoms with van der Waals surface area (Å²) in [4.78, 5) is 54.6. The van der Waals surface area contributed by atoms with E-state index in [1.165, 1.54) is 35.7 Å². The van der Waals surface area contributed by atoms with Crippen LogP contribution in [0.5, 0.6) is 0 Å². The van der Waals surface area contributed by atoms with E-state index in [-0.39, 0.29) is 41.5 Å². The number of benzene rings is 1. The second-order valence-corrected chi connectivity index (χ2v) is 7.56. The molecule has 1 N–H and O–H groups in total. The highest BCUT2D eigenvalue weighted by atomic mass is 19.4. The number of aromatic nitrogens is 4. The Bertz CT molecular complexity index is 1410.